The van der Waals surface area contributed by atoms with Crippen molar-refractivity contribution in [2.75, 3.05) is 13.7 Å². The lowest BCUT2D eigenvalue weighted by atomic mass is 10.1. The summed E-state index contributed by atoms with van der Waals surface area (Å²) in [6, 6.07) is 6.51. The Morgan fingerprint density at radius 3 is 2.59 bits per heavy atom. The molecule has 158 valence electrons. The average molecular weight is 419 g/mol. The zero-order valence-corrected chi connectivity index (χ0v) is 19.0. The zero-order valence-electron chi connectivity index (χ0n) is 18.0. The zero-order chi connectivity index (χ0) is 21.7. The molecule has 2 heterocycles. The largest absolute Gasteiger partial charge is 0.477 e. The van der Waals surface area contributed by atoms with E-state index in [9.17, 15) is 9.59 Å². The highest BCUT2D eigenvalue weighted by atomic mass is 28.4. The first-order valence-corrected chi connectivity index (χ1v) is 12.5. The van der Waals surface area contributed by atoms with E-state index in [-0.39, 0.29) is 17.2 Å². The van der Waals surface area contributed by atoms with Crippen molar-refractivity contribution in [2.24, 2.45) is 0 Å². The summed E-state index contributed by atoms with van der Waals surface area (Å²) in [5.74, 6) is -0.0293. The molecule has 0 unspecified atom stereocenters. The van der Waals surface area contributed by atoms with Crippen LogP contribution in [0.1, 0.15) is 42.4 Å². The van der Waals surface area contributed by atoms with Crippen LogP contribution in [0.15, 0.2) is 35.3 Å². The van der Waals surface area contributed by atoms with Crippen molar-refractivity contribution < 1.29 is 18.7 Å². The third-order valence-electron chi connectivity index (χ3n) is 5.21. The minimum atomic E-state index is -1.84. The van der Waals surface area contributed by atoms with Crippen molar-refractivity contribution in [3.63, 3.8) is 0 Å². The number of carbonyl (C=O) groups excluding carboxylic acids is 1. The molecule has 0 aliphatic carbocycles. The van der Waals surface area contributed by atoms with Gasteiger partial charge < -0.3 is 18.9 Å². The molecule has 29 heavy (non-hydrogen) atoms. The van der Waals surface area contributed by atoms with E-state index in [1.807, 2.05) is 12.1 Å². The van der Waals surface area contributed by atoms with Crippen LogP contribution in [0.3, 0.4) is 0 Å². The molecule has 8 heteroatoms. The molecular weight excluding hydrogens is 388 g/mol. The SMILES string of the molecule is COC(=O)c1ccc(=O)[nH]c1CCOc1cc(CO[Si](C)(C)C(C)(C)C)ccn1. The molecule has 0 aliphatic heterocycles. The van der Waals surface area contributed by atoms with Gasteiger partial charge in [0.15, 0.2) is 8.32 Å². The van der Waals surface area contributed by atoms with Gasteiger partial charge in [0.25, 0.3) is 0 Å². The lowest BCUT2D eigenvalue weighted by molar-refractivity contribution is 0.0598. The number of H-pyrrole nitrogens is 1. The highest BCUT2D eigenvalue weighted by molar-refractivity contribution is 6.74. The lowest BCUT2D eigenvalue weighted by Gasteiger charge is -2.36. The fraction of sp³-hybridized carbons (Fsp3) is 0.476. The molecular formula is C21H30N2O5Si. The number of pyridine rings is 2. The van der Waals surface area contributed by atoms with Gasteiger partial charge in [-0.25, -0.2) is 9.78 Å². The first-order valence-electron chi connectivity index (χ1n) is 9.56. The molecule has 2 aromatic heterocycles. The van der Waals surface area contributed by atoms with Gasteiger partial charge in [0.2, 0.25) is 11.4 Å². The van der Waals surface area contributed by atoms with Crippen LogP contribution in [0.4, 0.5) is 0 Å². The number of rotatable bonds is 8. The fourth-order valence-corrected chi connectivity index (χ4v) is 3.33. The Labute approximate surface area is 172 Å². The highest BCUT2D eigenvalue weighted by Gasteiger charge is 2.37. The van der Waals surface area contributed by atoms with Gasteiger partial charge in [0.05, 0.1) is 25.9 Å². The van der Waals surface area contributed by atoms with Gasteiger partial charge in [-0.2, -0.15) is 0 Å². The fourth-order valence-electron chi connectivity index (χ4n) is 2.37. The van der Waals surface area contributed by atoms with Crippen molar-refractivity contribution in [1.29, 1.82) is 0 Å². The summed E-state index contributed by atoms with van der Waals surface area (Å²) in [5, 5.41) is 0.142. The highest BCUT2D eigenvalue weighted by Crippen LogP contribution is 2.37. The average Bonchev–Trinajstić information content (AvgIpc) is 2.65. The number of carbonyl (C=O) groups is 1. The monoisotopic (exact) mass is 418 g/mol. The second-order valence-electron chi connectivity index (χ2n) is 8.36. The minimum absolute atomic E-state index is 0.142. The van der Waals surface area contributed by atoms with Crippen LogP contribution in [0.2, 0.25) is 18.1 Å². The Hall–Kier alpha value is -2.45. The van der Waals surface area contributed by atoms with Gasteiger partial charge in [-0.3, -0.25) is 4.79 Å². The van der Waals surface area contributed by atoms with Gasteiger partial charge in [-0.05, 0) is 35.8 Å². The smallest absolute Gasteiger partial charge is 0.339 e. The van der Waals surface area contributed by atoms with Gasteiger partial charge in [0.1, 0.15) is 0 Å². The number of aromatic nitrogens is 2. The molecule has 0 amide bonds. The Kier molecular flexibility index (Phi) is 7.37. The van der Waals surface area contributed by atoms with Crippen molar-refractivity contribution in [2.45, 2.75) is 51.9 Å². The van der Waals surface area contributed by atoms with E-state index in [4.69, 9.17) is 13.9 Å². The standard InChI is InChI=1S/C21H30N2O5Si/c1-21(2,3)29(5,6)28-14-15-9-11-22-19(13-15)27-12-10-17-16(20(25)26-4)7-8-18(24)23-17/h7-9,11,13H,10,12,14H2,1-6H3,(H,23,24). The summed E-state index contributed by atoms with van der Waals surface area (Å²) in [4.78, 5) is 30.3. The summed E-state index contributed by atoms with van der Waals surface area (Å²) in [6.45, 7) is 11.8. The van der Waals surface area contributed by atoms with Crippen LogP contribution in [0.5, 0.6) is 5.88 Å². The van der Waals surface area contributed by atoms with E-state index in [1.165, 1.54) is 19.2 Å². The molecule has 0 fully saturated rings. The maximum atomic E-state index is 11.8. The van der Waals surface area contributed by atoms with E-state index in [2.05, 4.69) is 43.8 Å². The van der Waals surface area contributed by atoms with Crippen LogP contribution < -0.4 is 10.3 Å². The first-order chi connectivity index (χ1) is 13.5. The normalized spacial score (nSPS) is 11.9. The van der Waals surface area contributed by atoms with Crippen molar-refractivity contribution >= 4 is 14.3 Å². The number of ether oxygens (including phenoxy) is 2. The quantitative estimate of drug-likeness (QED) is 0.519. The van der Waals surface area contributed by atoms with E-state index in [0.29, 0.717) is 30.2 Å². The third-order valence-corrected chi connectivity index (χ3v) is 9.69. The lowest BCUT2D eigenvalue weighted by Crippen LogP contribution is -2.40. The molecule has 0 saturated carbocycles. The van der Waals surface area contributed by atoms with Gasteiger partial charge >= 0.3 is 5.97 Å². The molecule has 0 radical (unpaired) electrons. The number of hydrogen-bond donors (Lipinski definition) is 1. The maximum absolute atomic E-state index is 11.8. The molecule has 0 saturated heterocycles. The molecule has 7 nitrogen and oxygen atoms in total. The molecule has 0 spiro atoms. The Bertz CT molecular complexity index is 902. The minimum Gasteiger partial charge on any atom is -0.477 e. The van der Waals surface area contributed by atoms with Crippen molar-refractivity contribution in [3.8, 4) is 5.88 Å². The van der Waals surface area contributed by atoms with Gasteiger partial charge in [-0.1, -0.05) is 20.8 Å². The predicted octanol–water partition coefficient (Wildman–Crippen LogP) is 3.70. The van der Waals surface area contributed by atoms with Gasteiger partial charge in [0, 0.05) is 30.4 Å². The second kappa shape index (κ2) is 9.36. The molecule has 0 atom stereocenters. The van der Waals surface area contributed by atoms with Gasteiger partial charge in [-0.15, -0.1) is 0 Å². The molecule has 2 aromatic rings. The topological polar surface area (TPSA) is 90.5 Å². The van der Waals surface area contributed by atoms with E-state index in [1.54, 1.807) is 6.20 Å². The van der Waals surface area contributed by atoms with Crippen LogP contribution in [-0.4, -0.2) is 38.0 Å². The molecule has 2 rings (SSSR count). The third kappa shape index (κ3) is 6.27. The number of esters is 1. The van der Waals surface area contributed by atoms with Crippen LogP contribution >= 0.6 is 0 Å². The Morgan fingerprint density at radius 2 is 1.93 bits per heavy atom. The maximum Gasteiger partial charge on any atom is 0.339 e. The summed E-state index contributed by atoms with van der Waals surface area (Å²) >= 11 is 0. The summed E-state index contributed by atoms with van der Waals surface area (Å²) < 4.78 is 16.7. The molecule has 0 aliphatic rings. The van der Waals surface area contributed by atoms with E-state index >= 15 is 0 Å². The number of nitrogens with one attached hydrogen (secondary N) is 1. The Balaban J connectivity index is 1.99. The van der Waals surface area contributed by atoms with Crippen molar-refractivity contribution in [1.82, 2.24) is 9.97 Å². The summed E-state index contributed by atoms with van der Waals surface area (Å²) in [6.07, 6.45) is 2.02. The second-order valence-corrected chi connectivity index (χ2v) is 13.2. The molecule has 0 bridgehead atoms. The Morgan fingerprint density at radius 1 is 1.21 bits per heavy atom. The number of hydrogen-bond acceptors (Lipinski definition) is 6. The summed E-state index contributed by atoms with van der Waals surface area (Å²) in [7, 11) is -0.539. The molecule has 0 aromatic carbocycles. The van der Waals surface area contributed by atoms with Crippen molar-refractivity contribution in [3.05, 3.63) is 57.6 Å². The number of methoxy groups -OCH3 is 1. The summed E-state index contributed by atoms with van der Waals surface area (Å²) in [5.41, 5.74) is 1.50. The van der Waals surface area contributed by atoms with Crippen LogP contribution in [0, 0.1) is 0 Å². The van der Waals surface area contributed by atoms with E-state index < -0.39 is 14.3 Å². The number of nitrogens with zero attached hydrogens (tertiary/aromatic N) is 1. The van der Waals surface area contributed by atoms with Crippen LogP contribution in [0.25, 0.3) is 0 Å². The van der Waals surface area contributed by atoms with Crippen LogP contribution in [-0.2, 0) is 22.2 Å². The predicted molar refractivity (Wildman–Crippen MR) is 114 cm³/mol. The molecule has 1 N–H and O–H groups in total. The van der Waals surface area contributed by atoms with E-state index in [0.717, 1.165) is 5.56 Å². The first kappa shape index (κ1) is 22.8. The number of aromatic amines is 1.